The number of ether oxygens (including phenoxy) is 1. The van der Waals surface area contributed by atoms with Crippen molar-refractivity contribution in [1.82, 2.24) is 0 Å². The van der Waals surface area contributed by atoms with Gasteiger partial charge in [0.25, 0.3) is 5.91 Å². The number of halogens is 4. The number of nitrogens with one attached hydrogen (secondary N) is 1. The molecule has 3 aromatic rings. The number of esters is 1. The lowest BCUT2D eigenvalue weighted by Crippen LogP contribution is -2.30. The molecule has 1 N–H and O–H groups in total. The lowest BCUT2D eigenvalue weighted by Gasteiger charge is -2.15. The molecule has 2 aromatic carbocycles. The predicted octanol–water partition coefficient (Wildman–Crippen LogP) is 5.29. The molecule has 3 rings (SSSR count). The highest BCUT2D eigenvalue weighted by Crippen LogP contribution is 2.34. The Labute approximate surface area is 162 Å². The zero-order chi connectivity index (χ0) is 20.5. The number of alkyl halides is 3. The third kappa shape index (κ3) is 4.28. The molecule has 0 saturated carbocycles. The number of furan rings is 1. The van der Waals surface area contributed by atoms with Gasteiger partial charge >= 0.3 is 12.1 Å². The lowest BCUT2D eigenvalue weighted by molar-refractivity contribution is -0.137. The van der Waals surface area contributed by atoms with Gasteiger partial charge in [0.2, 0.25) is 5.76 Å². The van der Waals surface area contributed by atoms with E-state index in [9.17, 15) is 22.8 Å². The molecule has 0 aliphatic heterocycles. The predicted molar refractivity (Wildman–Crippen MR) is 96.2 cm³/mol. The molecule has 1 heterocycles. The number of amides is 1. The first-order valence-corrected chi connectivity index (χ1v) is 8.40. The molecule has 9 heteroatoms. The summed E-state index contributed by atoms with van der Waals surface area (Å²) in [6, 6.07) is 10.9. The molecule has 5 nitrogen and oxygen atoms in total. The third-order valence-corrected chi connectivity index (χ3v) is 4.16. The highest BCUT2D eigenvalue weighted by molar-refractivity contribution is 6.33. The Hall–Kier alpha value is -3.00. The Morgan fingerprint density at radius 3 is 2.54 bits per heavy atom. The molecule has 0 radical (unpaired) electrons. The van der Waals surface area contributed by atoms with Crippen molar-refractivity contribution in [3.63, 3.8) is 0 Å². The average Bonchev–Trinajstić information content (AvgIpc) is 3.06. The summed E-state index contributed by atoms with van der Waals surface area (Å²) in [6.07, 6.45) is -5.89. The van der Waals surface area contributed by atoms with Crippen LogP contribution in [0.2, 0.25) is 5.02 Å². The quantitative estimate of drug-likeness (QED) is 0.592. The second-order valence-electron chi connectivity index (χ2n) is 5.88. The summed E-state index contributed by atoms with van der Waals surface area (Å²) < 4.78 is 48.8. The summed E-state index contributed by atoms with van der Waals surface area (Å²) >= 11 is 5.84. The van der Waals surface area contributed by atoms with E-state index in [-0.39, 0.29) is 16.5 Å². The molecule has 1 aromatic heterocycles. The van der Waals surface area contributed by atoms with Gasteiger partial charge in [0, 0.05) is 5.39 Å². The monoisotopic (exact) mass is 411 g/mol. The largest absolute Gasteiger partial charge is 0.449 e. The van der Waals surface area contributed by atoms with Gasteiger partial charge in [0.1, 0.15) is 5.58 Å². The van der Waals surface area contributed by atoms with E-state index in [2.05, 4.69) is 5.32 Å². The van der Waals surface area contributed by atoms with Crippen molar-refractivity contribution in [2.75, 3.05) is 5.32 Å². The Balaban J connectivity index is 1.70. The second-order valence-corrected chi connectivity index (χ2v) is 6.28. The van der Waals surface area contributed by atoms with Crippen LogP contribution >= 0.6 is 11.6 Å². The molecular formula is C19H13ClF3NO4. The average molecular weight is 412 g/mol. The van der Waals surface area contributed by atoms with Gasteiger partial charge < -0.3 is 14.5 Å². The summed E-state index contributed by atoms with van der Waals surface area (Å²) in [6.45, 7) is 1.28. The molecule has 0 spiro atoms. The maximum atomic E-state index is 12.8. The molecule has 1 atom stereocenters. The van der Waals surface area contributed by atoms with Crippen LogP contribution in [0, 0.1) is 0 Å². The minimum Gasteiger partial charge on any atom is -0.449 e. The lowest BCUT2D eigenvalue weighted by atomic mass is 10.2. The van der Waals surface area contributed by atoms with Gasteiger partial charge in [-0.25, -0.2) is 4.79 Å². The first-order valence-electron chi connectivity index (χ1n) is 8.02. The maximum Gasteiger partial charge on any atom is 0.416 e. The zero-order valence-corrected chi connectivity index (χ0v) is 15.1. The van der Waals surface area contributed by atoms with Crippen molar-refractivity contribution in [3.05, 3.63) is 64.9 Å². The van der Waals surface area contributed by atoms with E-state index >= 15 is 0 Å². The van der Waals surface area contributed by atoms with Gasteiger partial charge in [-0.2, -0.15) is 13.2 Å². The van der Waals surface area contributed by atoms with Crippen LogP contribution in [0.25, 0.3) is 11.0 Å². The highest BCUT2D eigenvalue weighted by atomic mass is 35.5. The van der Waals surface area contributed by atoms with Crippen LogP contribution in [0.4, 0.5) is 18.9 Å². The minimum absolute atomic E-state index is 0.0860. The topological polar surface area (TPSA) is 68.5 Å². The van der Waals surface area contributed by atoms with Gasteiger partial charge in [-0.1, -0.05) is 29.8 Å². The van der Waals surface area contributed by atoms with E-state index in [1.54, 1.807) is 24.3 Å². The smallest absolute Gasteiger partial charge is 0.416 e. The fraction of sp³-hybridized carbons (Fsp3) is 0.158. The van der Waals surface area contributed by atoms with Gasteiger partial charge in [0.15, 0.2) is 6.10 Å². The molecule has 1 amide bonds. The van der Waals surface area contributed by atoms with Crippen LogP contribution in [0.3, 0.4) is 0 Å². The number of carbonyl (C=O) groups is 2. The summed E-state index contributed by atoms with van der Waals surface area (Å²) in [5.41, 5.74) is -0.741. The van der Waals surface area contributed by atoms with Gasteiger partial charge in [-0.15, -0.1) is 0 Å². The number of benzene rings is 2. The summed E-state index contributed by atoms with van der Waals surface area (Å²) in [5, 5.41) is 2.82. The number of hydrogen-bond acceptors (Lipinski definition) is 4. The first kappa shape index (κ1) is 19.8. The van der Waals surface area contributed by atoms with Crippen molar-refractivity contribution in [1.29, 1.82) is 0 Å². The van der Waals surface area contributed by atoms with Crippen LogP contribution in [-0.4, -0.2) is 18.0 Å². The maximum absolute atomic E-state index is 12.8. The van der Waals surface area contributed by atoms with Crippen LogP contribution in [0.15, 0.2) is 52.9 Å². The van der Waals surface area contributed by atoms with Crippen LogP contribution < -0.4 is 5.32 Å². The molecule has 0 saturated heterocycles. The van der Waals surface area contributed by atoms with E-state index in [1.807, 2.05) is 0 Å². The number of hydrogen-bond donors (Lipinski definition) is 1. The fourth-order valence-corrected chi connectivity index (χ4v) is 2.55. The Kier molecular flexibility index (Phi) is 5.33. The molecule has 0 fully saturated rings. The molecular weight excluding hydrogens is 399 g/mol. The summed E-state index contributed by atoms with van der Waals surface area (Å²) in [4.78, 5) is 24.4. The minimum atomic E-state index is -4.59. The van der Waals surface area contributed by atoms with Crippen LogP contribution in [-0.2, 0) is 15.7 Å². The van der Waals surface area contributed by atoms with Gasteiger partial charge in [-0.3, -0.25) is 4.79 Å². The van der Waals surface area contributed by atoms with E-state index in [0.29, 0.717) is 17.0 Å². The van der Waals surface area contributed by atoms with Crippen molar-refractivity contribution in [3.8, 4) is 0 Å². The molecule has 146 valence electrons. The van der Waals surface area contributed by atoms with E-state index in [1.165, 1.54) is 13.0 Å². The third-order valence-electron chi connectivity index (χ3n) is 3.83. The van der Waals surface area contributed by atoms with Crippen molar-refractivity contribution < 1.29 is 31.9 Å². The Morgan fingerprint density at radius 1 is 1.14 bits per heavy atom. The van der Waals surface area contributed by atoms with Crippen LogP contribution in [0.1, 0.15) is 23.0 Å². The van der Waals surface area contributed by atoms with Crippen molar-refractivity contribution in [2.24, 2.45) is 0 Å². The number of anilines is 1. The summed E-state index contributed by atoms with van der Waals surface area (Å²) in [7, 11) is 0. The Bertz CT molecular complexity index is 1010. The number of carbonyl (C=O) groups excluding carboxylic acids is 2. The number of rotatable bonds is 4. The van der Waals surface area contributed by atoms with Crippen LogP contribution in [0.5, 0.6) is 0 Å². The first-order chi connectivity index (χ1) is 13.1. The van der Waals surface area contributed by atoms with Gasteiger partial charge in [0.05, 0.1) is 16.3 Å². The highest BCUT2D eigenvalue weighted by Gasteiger charge is 2.31. The second kappa shape index (κ2) is 7.55. The summed E-state index contributed by atoms with van der Waals surface area (Å²) in [5.74, 6) is -1.82. The zero-order valence-electron chi connectivity index (χ0n) is 14.3. The number of para-hydroxylation sites is 1. The van der Waals surface area contributed by atoms with Gasteiger partial charge in [-0.05, 0) is 37.3 Å². The normalized spacial score (nSPS) is 12.6. The van der Waals surface area contributed by atoms with Crippen molar-refractivity contribution in [2.45, 2.75) is 19.2 Å². The number of fused-ring (bicyclic) bond motifs is 1. The molecule has 0 aliphatic carbocycles. The molecule has 28 heavy (non-hydrogen) atoms. The fourth-order valence-electron chi connectivity index (χ4n) is 2.39. The van der Waals surface area contributed by atoms with Crippen molar-refractivity contribution >= 4 is 40.1 Å². The standard InChI is InChI=1S/C19H13ClF3NO4/c1-10(27-18(26)16-8-11-4-2-3-5-15(11)28-16)17(25)24-14-9-12(19(21,22)23)6-7-13(14)20/h2-10H,1H3,(H,24,25)/t10-/m0/s1. The van der Waals surface area contributed by atoms with E-state index in [0.717, 1.165) is 12.1 Å². The SMILES string of the molecule is C[C@H](OC(=O)c1cc2ccccc2o1)C(=O)Nc1cc(C(F)(F)F)ccc1Cl. The molecule has 0 unspecified atom stereocenters. The molecule has 0 bridgehead atoms. The van der Waals surface area contributed by atoms with E-state index < -0.39 is 29.7 Å². The Morgan fingerprint density at radius 2 is 1.86 bits per heavy atom. The van der Waals surface area contributed by atoms with E-state index in [4.69, 9.17) is 20.8 Å². The molecule has 0 aliphatic rings.